The van der Waals surface area contributed by atoms with E-state index >= 15 is 0 Å². The number of piperidine rings is 1. The van der Waals surface area contributed by atoms with Crippen LogP contribution in [0.15, 0.2) is 48.5 Å². The van der Waals surface area contributed by atoms with Gasteiger partial charge in [0.05, 0.1) is 11.1 Å². The van der Waals surface area contributed by atoms with Gasteiger partial charge in [0.15, 0.2) is 6.29 Å². The third-order valence-corrected chi connectivity index (χ3v) is 5.65. The fraction of sp³-hybridized carbons (Fsp3) is 0.375. The van der Waals surface area contributed by atoms with Crippen molar-refractivity contribution in [1.82, 2.24) is 4.57 Å². The molecule has 3 nitrogen and oxygen atoms in total. The van der Waals surface area contributed by atoms with Gasteiger partial charge in [0.25, 0.3) is 0 Å². The van der Waals surface area contributed by atoms with Crippen molar-refractivity contribution >= 4 is 23.0 Å². The highest BCUT2D eigenvalue weighted by Gasteiger charge is 2.24. The fourth-order valence-electron chi connectivity index (χ4n) is 4.16. The van der Waals surface area contributed by atoms with Gasteiger partial charge in [0.1, 0.15) is 5.82 Å². The van der Waals surface area contributed by atoms with Gasteiger partial charge in [-0.2, -0.15) is 0 Å². The van der Waals surface area contributed by atoms with E-state index in [4.69, 9.17) is 0 Å². The van der Waals surface area contributed by atoms with Crippen LogP contribution in [0, 0.1) is 0 Å². The first-order valence-corrected chi connectivity index (χ1v) is 9.95. The Morgan fingerprint density at radius 1 is 0.889 bits per heavy atom. The number of hydrogen-bond acceptors (Lipinski definition) is 2. The van der Waals surface area contributed by atoms with Crippen LogP contribution in [0.3, 0.4) is 0 Å². The Hall–Kier alpha value is -2.55. The van der Waals surface area contributed by atoms with Gasteiger partial charge in [-0.15, -0.1) is 0 Å². The highest BCUT2D eigenvalue weighted by Crippen LogP contribution is 2.36. The van der Waals surface area contributed by atoms with Crippen LogP contribution in [0.5, 0.6) is 0 Å². The van der Waals surface area contributed by atoms with E-state index in [0.29, 0.717) is 0 Å². The highest BCUT2D eigenvalue weighted by atomic mass is 16.1. The molecular formula is C24H28N2O. The number of carbonyl (C=O) groups is 1. The monoisotopic (exact) mass is 360 g/mol. The van der Waals surface area contributed by atoms with Crippen LogP contribution in [0.25, 0.3) is 16.6 Å². The van der Waals surface area contributed by atoms with Crippen LogP contribution in [0.2, 0.25) is 0 Å². The Bertz CT molecular complexity index is 954. The third-order valence-electron chi connectivity index (χ3n) is 5.65. The number of rotatable bonds is 3. The predicted molar refractivity (Wildman–Crippen MR) is 113 cm³/mol. The molecule has 3 heteroatoms. The molecule has 1 aromatic heterocycles. The second-order valence-electron chi connectivity index (χ2n) is 8.55. The van der Waals surface area contributed by atoms with Crippen molar-refractivity contribution in [3.8, 4) is 5.69 Å². The van der Waals surface area contributed by atoms with Crippen molar-refractivity contribution in [2.24, 2.45) is 0 Å². The molecule has 0 radical (unpaired) electrons. The molecule has 0 bridgehead atoms. The zero-order chi connectivity index (χ0) is 19.0. The van der Waals surface area contributed by atoms with Crippen molar-refractivity contribution in [3.05, 3.63) is 59.7 Å². The zero-order valence-electron chi connectivity index (χ0n) is 16.5. The minimum Gasteiger partial charge on any atom is -0.357 e. The van der Waals surface area contributed by atoms with Gasteiger partial charge < -0.3 is 4.90 Å². The zero-order valence-corrected chi connectivity index (χ0v) is 16.5. The Morgan fingerprint density at radius 3 is 2.19 bits per heavy atom. The summed E-state index contributed by atoms with van der Waals surface area (Å²) in [6.45, 7) is 8.72. The summed E-state index contributed by atoms with van der Waals surface area (Å²) in [5.41, 5.74) is 4.47. The highest BCUT2D eigenvalue weighted by molar-refractivity contribution is 6.05. The van der Waals surface area contributed by atoms with Crippen molar-refractivity contribution in [3.63, 3.8) is 0 Å². The quantitative estimate of drug-likeness (QED) is 0.557. The van der Waals surface area contributed by atoms with E-state index in [0.717, 1.165) is 47.3 Å². The van der Waals surface area contributed by atoms with Crippen LogP contribution in [0.4, 0.5) is 5.82 Å². The molecule has 1 aliphatic rings. The van der Waals surface area contributed by atoms with E-state index in [-0.39, 0.29) is 5.41 Å². The lowest BCUT2D eigenvalue weighted by molar-refractivity contribution is 0.112. The molecule has 0 amide bonds. The molecule has 0 saturated carbocycles. The van der Waals surface area contributed by atoms with E-state index in [9.17, 15) is 4.79 Å². The lowest BCUT2D eigenvalue weighted by Gasteiger charge is -2.30. The number of fused-ring (bicyclic) bond motifs is 1. The standard InChI is InChI=1S/C24H28N2O/c1-24(2,3)18-11-13-19(14-12-18)26-22-10-6-5-9-20(22)21(17-27)23(26)25-15-7-4-8-16-25/h5-6,9-14,17H,4,7-8,15-16H2,1-3H3. The van der Waals surface area contributed by atoms with Crippen molar-refractivity contribution in [1.29, 1.82) is 0 Å². The molecule has 0 atom stereocenters. The van der Waals surface area contributed by atoms with Gasteiger partial charge in [0, 0.05) is 24.2 Å². The number of aromatic nitrogens is 1. The molecule has 3 aromatic rings. The molecule has 140 valence electrons. The third kappa shape index (κ3) is 3.16. The predicted octanol–water partition coefficient (Wildman–Crippen LogP) is 5.73. The summed E-state index contributed by atoms with van der Waals surface area (Å²) in [7, 11) is 0. The molecule has 1 saturated heterocycles. The van der Waals surface area contributed by atoms with E-state index in [1.165, 1.54) is 24.8 Å². The van der Waals surface area contributed by atoms with Crippen LogP contribution in [0.1, 0.15) is 56.0 Å². The summed E-state index contributed by atoms with van der Waals surface area (Å²) in [5.74, 6) is 1.05. The minimum absolute atomic E-state index is 0.126. The smallest absolute Gasteiger partial charge is 0.154 e. The van der Waals surface area contributed by atoms with Crippen molar-refractivity contribution in [2.45, 2.75) is 45.4 Å². The largest absolute Gasteiger partial charge is 0.357 e. The molecule has 2 aromatic carbocycles. The van der Waals surface area contributed by atoms with E-state index < -0.39 is 0 Å². The first kappa shape index (κ1) is 17.8. The van der Waals surface area contributed by atoms with Gasteiger partial charge in [-0.1, -0.05) is 51.1 Å². The van der Waals surface area contributed by atoms with Gasteiger partial charge in [-0.25, -0.2) is 0 Å². The number of aldehydes is 1. The topological polar surface area (TPSA) is 25.2 Å². The Morgan fingerprint density at radius 2 is 1.56 bits per heavy atom. The lowest BCUT2D eigenvalue weighted by Crippen LogP contribution is -2.31. The van der Waals surface area contributed by atoms with Crippen molar-refractivity contribution in [2.75, 3.05) is 18.0 Å². The molecule has 4 rings (SSSR count). The molecule has 27 heavy (non-hydrogen) atoms. The maximum atomic E-state index is 12.1. The molecule has 0 unspecified atom stereocenters. The lowest BCUT2D eigenvalue weighted by atomic mass is 9.87. The SMILES string of the molecule is CC(C)(C)c1ccc(-n2c(N3CCCCC3)c(C=O)c3ccccc32)cc1. The normalized spacial score (nSPS) is 15.3. The maximum absolute atomic E-state index is 12.1. The van der Waals surface area contributed by atoms with E-state index in [2.05, 4.69) is 72.7 Å². The summed E-state index contributed by atoms with van der Waals surface area (Å²) in [5, 5.41) is 1.04. The molecule has 0 spiro atoms. The summed E-state index contributed by atoms with van der Waals surface area (Å²) in [6, 6.07) is 17.1. The number of carbonyl (C=O) groups excluding carboxylic acids is 1. The molecule has 0 aliphatic carbocycles. The van der Waals surface area contributed by atoms with Gasteiger partial charge >= 0.3 is 0 Å². The van der Waals surface area contributed by atoms with Crippen LogP contribution >= 0.6 is 0 Å². The average Bonchev–Trinajstić information content (AvgIpc) is 3.02. The Balaban J connectivity index is 1.94. The van der Waals surface area contributed by atoms with Gasteiger partial charge in [-0.3, -0.25) is 9.36 Å². The first-order valence-electron chi connectivity index (χ1n) is 9.95. The fourth-order valence-corrected chi connectivity index (χ4v) is 4.16. The first-order chi connectivity index (χ1) is 13.0. The Kier molecular flexibility index (Phi) is 4.55. The summed E-state index contributed by atoms with van der Waals surface area (Å²) in [6.07, 6.45) is 4.67. The second-order valence-corrected chi connectivity index (χ2v) is 8.55. The van der Waals surface area contributed by atoms with Crippen LogP contribution < -0.4 is 4.90 Å². The summed E-state index contributed by atoms with van der Waals surface area (Å²) in [4.78, 5) is 14.5. The number of hydrogen-bond donors (Lipinski definition) is 0. The number of nitrogens with zero attached hydrogens (tertiary/aromatic N) is 2. The molecule has 1 aliphatic heterocycles. The minimum atomic E-state index is 0.126. The number of anilines is 1. The van der Waals surface area contributed by atoms with E-state index in [1.54, 1.807) is 0 Å². The van der Waals surface area contributed by atoms with E-state index in [1.807, 2.05) is 6.07 Å². The summed E-state index contributed by atoms with van der Waals surface area (Å²) >= 11 is 0. The molecule has 2 heterocycles. The van der Waals surface area contributed by atoms with Gasteiger partial charge in [-0.05, 0) is 48.4 Å². The molecular weight excluding hydrogens is 332 g/mol. The number of benzene rings is 2. The maximum Gasteiger partial charge on any atom is 0.154 e. The van der Waals surface area contributed by atoms with Crippen LogP contribution in [-0.4, -0.2) is 23.9 Å². The van der Waals surface area contributed by atoms with Crippen molar-refractivity contribution < 1.29 is 4.79 Å². The average molecular weight is 361 g/mol. The molecule has 1 fully saturated rings. The van der Waals surface area contributed by atoms with Gasteiger partial charge in [0.2, 0.25) is 0 Å². The number of para-hydroxylation sites is 1. The second kappa shape index (κ2) is 6.88. The summed E-state index contributed by atoms with van der Waals surface area (Å²) < 4.78 is 2.27. The van der Waals surface area contributed by atoms with Crippen LogP contribution in [-0.2, 0) is 5.41 Å². The molecule has 0 N–H and O–H groups in total. The Labute approximate surface area is 161 Å².